The lowest BCUT2D eigenvalue weighted by molar-refractivity contribution is -0.126. The van der Waals surface area contributed by atoms with Gasteiger partial charge < -0.3 is 19.7 Å². The van der Waals surface area contributed by atoms with Crippen LogP contribution in [0.2, 0.25) is 0 Å². The second kappa shape index (κ2) is 9.74. The lowest BCUT2D eigenvalue weighted by Crippen LogP contribution is -2.33. The zero-order chi connectivity index (χ0) is 21.5. The highest BCUT2D eigenvalue weighted by molar-refractivity contribution is 6.00. The van der Waals surface area contributed by atoms with Crippen molar-refractivity contribution in [1.29, 1.82) is 0 Å². The number of nitrogens with zero attached hydrogens (tertiary/aromatic N) is 1. The number of amides is 2. The molecule has 30 heavy (non-hydrogen) atoms. The van der Waals surface area contributed by atoms with Crippen molar-refractivity contribution >= 4 is 17.5 Å². The van der Waals surface area contributed by atoms with Crippen molar-refractivity contribution < 1.29 is 27.8 Å². The standard InChI is InChI=1S/C22H20F2N2O4/c1-29-18-6-4-5-17(13-18)26-14-15(11-21(26)27)22(28)25-9-2-3-10-30-20-8-7-16(23)12-19(20)24/h4-8,12-13,15H,9-11,14H2,1H3,(H,25,28). The number of hydrogen-bond acceptors (Lipinski definition) is 4. The van der Waals surface area contributed by atoms with E-state index in [0.717, 1.165) is 12.1 Å². The van der Waals surface area contributed by atoms with Gasteiger partial charge in [-0.15, -0.1) is 0 Å². The minimum absolute atomic E-state index is 0.0674. The molecule has 1 N–H and O–H groups in total. The Kier molecular flexibility index (Phi) is 6.86. The second-order valence-corrected chi connectivity index (χ2v) is 6.54. The van der Waals surface area contributed by atoms with Crippen LogP contribution in [0.1, 0.15) is 6.42 Å². The van der Waals surface area contributed by atoms with E-state index in [2.05, 4.69) is 17.2 Å². The largest absolute Gasteiger partial charge is 0.497 e. The van der Waals surface area contributed by atoms with E-state index in [1.807, 2.05) is 0 Å². The molecule has 0 aromatic heterocycles. The summed E-state index contributed by atoms with van der Waals surface area (Å²) >= 11 is 0. The van der Waals surface area contributed by atoms with Gasteiger partial charge in [-0.3, -0.25) is 9.59 Å². The van der Waals surface area contributed by atoms with Crippen LogP contribution in [0.25, 0.3) is 0 Å². The van der Waals surface area contributed by atoms with Gasteiger partial charge in [-0.25, -0.2) is 8.78 Å². The zero-order valence-electron chi connectivity index (χ0n) is 16.3. The van der Waals surface area contributed by atoms with Crippen LogP contribution in [-0.2, 0) is 9.59 Å². The second-order valence-electron chi connectivity index (χ2n) is 6.54. The fraction of sp³-hybridized carbons (Fsp3) is 0.273. The summed E-state index contributed by atoms with van der Waals surface area (Å²) in [6.07, 6.45) is 0.115. The van der Waals surface area contributed by atoms with E-state index < -0.39 is 17.6 Å². The lowest BCUT2D eigenvalue weighted by Gasteiger charge is -2.17. The van der Waals surface area contributed by atoms with Crippen LogP contribution >= 0.6 is 0 Å². The van der Waals surface area contributed by atoms with Crippen molar-refractivity contribution in [3.63, 3.8) is 0 Å². The Morgan fingerprint density at radius 3 is 2.83 bits per heavy atom. The summed E-state index contributed by atoms with van der Waals surface area (Å²) in [5, 5.41) is 2.66. The van der Waals surface area contributed by atoms with Crippen LogP contribution < -0.4 is 19.7 Å². The average molecular weight is 414 g/mol. The van der Waals surface area contributed by atoms with Gasteiger partial charge in [-0.1, -0.05) is 17.9 Å². The minimum Gasteiger partial charge on any atom is -0.497 e. The summed E-state index contributed by atoms with van der Waals surface area (Å²) in [5.41, 5.74) is 0.680. The Morgan fingerprint density at radius 1 is 1.23 bits per heavy atom. The highest BCUT2D eigenvalue weighted by Crippen LogP contribution is 2.27. The monoisotopic (exact) mass is 414 g/mol. The van der Waals surface area contributed by atoms with Gasteiger partial charge >= 0.3 is 0 Å². The van der Waals surface area contributed by atoms with Crippen LogP contribution in [0.4, 0.5) is 14.5 Å². The van der Waals surface area contributed by atoms with Gasteiger partial charge in [0.05, 0.1) is 19.6 Å². The summed E-state index contributed by atoms with van der Waals surface area (Å²) in [7, 11) is 1.55. The van der Waals surface area contributed by atoms with E-state index in [-0.39, 0.29) is 43.7 Å². The molecular weight excluding hydrogens is 394 g/mol. The highest BCUT2D eigenvalue weighted by Gasteiger charge is 2.35. The van der Waals surface area contributed by atoms with E-state index in [1.54, 1.807) is 36.3 Å². The SMILES string of the molecule is COc1cccc(N2CC(C(=O)NCC#CCOc3ccc(F)cc3F)CC2=O)c1. The molecule has 156 valence electrons. The molecule has 0 spiro atoms. The van der Waals surface area contributed by atoms with Crippen LogP contribution in [-0.4, -0.2) is 38.6 Å². The molecule has 2 amide bonds. The fourth-order valence-electron chi connectivity index (χ4n) is 3.01. The van der Waals surface area contributed by atoms with Gasteiger partial charge in [0.15, 0.2) is 11.6 Å². The molecule has 1 heterocycles. The summed E-state index contributed by atoms with van der Waals surface area (Å²) < 4.78 is 36.5. The molecular formula is C22H20F2N2O4. The number of anilines is 1. The van der Waals surface area contributed by atoms with E-state index >= 15 is 0 Å². The first-order valence-corrected chi connectivity index (χ1v) is 9.23. The maximum atomic E-state index is 13.4. The first-order chi connectivity index (χ1) is 14.5. The molecule has 1 fully saturated rings. The normalized spacial score (nSPS) is 15.4. The quantitative estimate of drug-likeness (QED) is 0.738. The molecule has 2 aromatic rings. The number of ether oxygens (including phenoxy) is 2. The maximum absolute atomic E-state index is 13.4. The van der Waals surface area contributed by atoms with Gasteiger partial charge in [0, 0.05) is 30.8 Å². The molecule has 0 radical (unpaired) electrons. The molecule has 8 heteroatoms. The first-order valence-electron chi connectivity index (χ1n) is 9.23. The third-order valence-corrected chi connectivity index (χ3v) is 4.53. The number of halogens is 2. The molecule has 3 rings (SSSR count). The Hall–Kier alpha value is -3.60. The van der Waals surface area contributed by atoms with Crippen molar-refractivity contribution in [2.24, 2.45) is 5.92 Å². The minimum atomic E-state index is -0.809. The maximum Gasteiger partial charge on any atom is 0.227 e. The third kappa shape index (κ3) is 5.26. The summed E-state index contributed by atoms with van der Waals surface area (Å²) in [5.74, 6) is 3.48. The number of rotatable bonds is 6. The molecule has 0 aliphatic carbocycles. The molecule has 1 aliphatic heterocycles. The summed E-state index contributed by atoms with van der Waals surface area (Å²) in [6.45, 7) is 0.236. The van der Waals surface area contributed by atoms with E-state index in [9.17, 15) is 18.4 Å². The van der Waals surface area contributed by atoms with Crippen molar-refractivity contribution in [2.45, 2.75) is 6.42 Å². The van der Waals surface area contributed by atoms with Crippen LogP contribution in [0.5, 0.6) is 11.5 Å². The molecule has 6 nitrogen and oxygen atoms in total. The van der Waals surface area contributed by atoms with E-state index in [4.69, 9.17) is 9.47 Å². The van der Waals surface area contributed by atoms with Gasteiger partial charge in [-0.2, -0.15) is 0 Å². The summed E-state index contributed by atoms with van der Waals surface area (Å²) in [4.78, 5) is 26.2. The van der Waals surface area contributed by atoms with Crippen molar-refractivity contribution in [3.05, 3.63) is 54.1 Å². The highest BCUT2D eigenvalue weighted by atomic mass is 19.1. The molecule has 0 saturated carbocycles. The lowest BCUT2D eigenvalue weighted by atomic mass is 10.1. The molecule has 1 saturated heterocycles. The van der Waals surface area contributed by atoms with Crippen molar-refractivity contribution in [2.75, 3.05) is 31.7 Å². The molecule has 2 aromatic carbocycles. The smallest absolute Gasteiger partial charge is 0.227 e. The number of hydrogen-bond donors (Lipinski definition) is 1. The van der Waals surface area contributed by atoms with Crippen LogP contribution in [0.3, 0.4) is 0 Å². The van der Waals surface area contributed by atoms with Gasteiger partial charge in [-0.05, 0) is 24.3 Å². The Morgan fingerprint density at radius 2 is 2.07 bits per heavy atom. The zero-order valence-corrected chi connectivity index (χ0v) is 16.3. The molecule has 1 unspecified atom stereocenters. The first kappa shape index (κ1) is 21.1. The number of carbonyl (C=O) groups is 2. The average Bonchev–Trinajstić information content (AvgIpc) is 3.13. The third-order valence-electron chi connectivity index (χ3n) is 4.53. The molecule has 1 atom stereocenters. The predicted molar refractivity (Wildman–Crippen MR) is 106 cm³/mol. The topological polar surface area (TPSA) is 67.9 Å². The number of benzene rings is 2. The van der Waals surface area contributed by atoms with Gasteiger partial charge in [0.1, 0.15) is 18.2 Å². The van der Waals surface area contributed by atoms with E-state index in [1.165, 1.54) is 6.07 Å². The number of carbonyl (C=O) groups excluding carboxylic acids is 2. The Labute approximate surface area is 172 Å². The molecule has 0 bridgehead atoms. The van der Waals surface area contributed by atoms with Crippen molar-refractivity contribution in [1.82, 2.24) is 5.32 Å². The van der Waals surface area contributed by atoms with E-state index in [0.29, 0.717) is 11.4 Å². The number of nitrogens with one attached hydrogen (secondary N) is 1. The summed E-state index contributed by atoms with van der Waals surface area (Å²) in [6, 6.07) is 10.1. The van der Waals surface area contributed by atoms with Crippen molar-refractivity contribution in [3.8, 4) is 23.3 Å². The van der Waals surface area contributed by atoms with Crippen LogP contribution in [0.15, 0.2) is 42.5 Å². The predicted octanol–water partition coefficient (Wildman–Crippen LogP) is 2.52. The van der Waals surface area contributed by atoms with Gasteiger partial charge in [0.25, 0.3) is 0 Å². The van der Waals surface area contributed by atoms with Gasteiger partial charge in [0.2, 0.25) is 11.8 Å². The molecule has 1 aliphatic rings. The Bertz CT molecular complexity index is 1000. The number of methoxy groups -OCH3 is 1. The van der Waals surface area contributed by atoms with Crippen LogP contribution in [0, 0.1) is 29.4 Å². The fourth-order valence-corrected chi connectivity index (χ4v) is 3.01. The Balaban J connectivity index is 1.45.